The van der Waals surface area contributed by atoms with Crippen molar-refractivity contribution < 1.29 is 9.53 Å². The summed E-state index contributed by atoms with van der Waals surface area (Å²) in [5.41, 5.74) is 1.18. The summed E-state index contributed by atoms with van der Waals surface area (Å²) in [6.07, 6.45) is 5.98. The predicted octanol–water partition coefficient (Wildman–Crippen LogP) is 1.82. The minimum absolute atomic E-state index is 0.149. The third kappa shape index (κ3) is 1.54. The summed E-state index contributed by atoms with van der Waals surface area (Å²) in [6.45, 7) is 4.59. The fourth-order valence-electron chi connectivity index (χ4n) is 1.89. The van der Waals surface area contributed by atoms with Crippen molar-refractivity contribution in [3.8, 4) is 0 Å². The fraction of sp³-hybridized carbons (Fsp3) is 0.545. The number of ether oxygens (including phenoxy) is 1. The zero-order chi connectivity index (χ0) is 10.1. The van der Waals surface area contributed by atoms with Crippen LogP contribution in [-0.2, 0) is 9.53 Å². The summed E-state index contributed by atoms with van der Waals surface area (Å²) >= 11 is 0. The highest BCUT2D eigenvalue weighted by atomic mass is 16.5. The normalized spacial score (nSPS) is 21.4. The van der Waals surface area contributed by atoms with E-state index in [1.165, 1.54) is 5.70 Å². The molecule has 3 nitrogen and oxygen atoms in total. The van der Waals surface area contributed by atoms with E-state index in [0.29, 0.717) is 12.6 Å². The molecule has 0 N–H and O–H groups in total. The molecule has 1 heterocycles. The van der Waals surface area contributed by atoms with Crippen molar-refractivity contribution in [2.45, 2.75) is 32.7 Å². The van der Waals surface area contributed by atoms with Gasteiger partial charge < -0.3 is 9.64 Å². The Kier molecular flexibility index (Phi) is 2.32. The Morgan fingerprint density at radius 3 is 3.00 bits per heavy atom. The molecule has 0 saturated heterocycles. The van der Waals surface area contributed by atoms with Gasteiger partial charge in [0.05, 0.1) is 5.70 Å². The van der Waals surface area contributed by atoms with E-state index in [-0.39, 0.29) is 5.97 Å². The van der Waals surface area contributed by atoms with E-state index in [0.717, 1.165) is 18.6 Å². The topological polar surface area (TPSA) is 29.5 Å². The second kappa shape index (κ2) is 3.48. The molecule has 0 aromatic rings. The largest absolute Gasteiger partial charge is 0.423 e. The second-order valence-electron chi connectivity index (χ2n) is 3.95. The van der Waals surface area contributed by atoms with Crippen LogP contribution in [0.1, 0.15) is 26.7 Å². The van der Waals surface area contributed by atoms with Gasteiger partial charge in [0.1, 0.15) is 12.3 Å². The molecule has 0 aromatic carbocycles. The summed E-state index contributed by atoms with van der Waals surface area (Å²) < 4.78 is 5.18. The maximum Gasteiger partial charge on any atom is 0.330 e. The Morgan fingerprint density at radius 1 is 1.50 bits per heavy atom. The maximum absolute atomic E-state index is 11.3. The Labute approximate surface area is 84.0 Å². The number of esters is 1. The predicted molar refractivity (Wildman–Crippen MR) is 53.3 cm³/mol. The minimum Gasteiger partial charge on any atom is -0.423 e. The number of carbonyl (C=O) groups is 1. The zero-order valence-electron chi connectivity index (χ0n) is 8.62. The van der Waals surface area contributed by atoms with Crippen molar-refractivity contribution in [2.75, 3.05) is 6.54 Å². The van der Waals surface area contributed by atoms with Crippen molar-refractivity contribution in [3.63, 3.8) is 0 Å². The van der Waals surface area contributed by atoms with Gasteiger partial charge in [0.2, 0.25) is 0 Å². The number of nitrogens with zero attached hydrogens (tertiary/aromatic N) is 1. The van der Waals surface area contributed by atoms with Gasteiger partial charge in [-0.15, -0.1) is 0 Å². The number of rotatable bonds is 1. The first-order valence-electron chi connectivity index (χ1n) is 5.05. The molecule has 0 unspecified atom stereocenters. The van der Waals surface area contributed by atoms with Gasteiger partial charge in [-0.3, -0.25) is 0 Å². The zero-order valence-corrected chi connectivity index (χ0v) is 8.62. The third-order valence-electron chi connectivity index (χ3n) is 2.59. The van der Waals surface area contributed by atoms with E-state index < -0.39 is 0 Å². The van der Waals surface area contributed by atoms with Crippen LogP contribution in [0.4, 0.5) is 0 Å². The molecule has 0 radical (unpaired) electrons. The molecule has 2 rings (SSSR count). The molecule has 14 heavy (non-hydrogen) atoms. The molecule has 2 aliphatic rings. The van der Waals surface area contributed by atoms with Crippen LogP contribution < -0.4 is 0 Å². The lowest BCUT2D eigenvalue weighted by Gasteiger charge is -2.35. The summed E-state index contributed by atoms with van der Waals surface area (Å²) in [6, 6.07) is 0.361. The lowest BCUT2D eigenvalue weighted by molar-refractivity contribution is -0.142. The average Bonchev–Trinajstić information content (AvgIpc) is 2.16. The molecule has 1 aliphatic carbocycles. The van der Waals surface area contributed by atoms with E-state index in [2.05, 4.69) is 24.8 Å². The highest BCUT2D eigenvalue weighted by Crippen LogP contribution is 2.28. The molecule has 0 atom stereocenters. The Morgan fingerprint density at radius 2 is 2.29 bits per heavy atom. The molecule has 0 aromatic heterocycles. The van der Waals surface area contributed by atoms with E-state index in [1.807, 2.05) is 6.08 Å². The highest BCUT2D eigenvalue weighted by Gasteiger charge is 2.27. The number of hydrogen-bond acceptors (Lipinski definition) is 3. The highest BCUT2D eigenvalue weighted by molar-refractivity contribution is 5.75. The van der Waals surface area contributed by atoms with Crippen LogP contribution in [0.25, 0.3) is 0 Å². The fourth-order valence-corrected chi connectivity index (χ4v) is 1.89. The first-order valence-corrected chi connectivity index (χ1v) is 5.05. The van der Waals surface area contributed by atoms with Crippen molar-refractivity contribution >= 4 is 5.97 Å². The standard InChI is InChI=1S/C11H15NO2/c1-8(2)12-7-11(13)14-10-6-4-3-5-9(10)12/h4,6,8H,3,5,7H2,1-2H3. The summed E-state index contributed by atoms with van der Waals surface area (Å²) in [5, 5.41) is 0. The van der Waals surface area contributed by atoms with E-state index in [4.69, 9.17) is 4.74 Å². The Bertz CT molecular complexity index is 315. The SMILES string of the molecule is CC(C)N1CC(=O)OC2=C1CCC=C2. The molecule has 0 saturated carbocycles. The van der Waals surface area contributed by atoms with Crippen molar-refractivity contribution in [1.29, 1.82) is 0 Å². The van der Waals surface area contributed by atoms with Gasteiger partial charge in [-0.2, -0.15) is 0 Å². The van der Waals surface area contributed by atoms with Crippen LogP contribution >= 0.6 is 0 Å². The van der Waals surface area contributed by atoms with Gasteiger partial charge >= 0.3 is 5.97 Å². The van der Waals surface area contributed by atoms with Crippen molar-refractivity contribution in [2.24, 2.45) is 0 Å². The van der Waals surface area contributed by atoms with Crippen LogP contribution in [0.15, 0.2) is 23.6 Å². The van der Waals surface area contributed by atoms with Crippen LogP contribution in [0, 0.1) is 0 Å². The maximum atomic E-state index is 11.3. The molecule has 0 fully saturated rings. The van der Waals surface area contributed by atoms with Gasteiger partial charge in [-0.05, 0) is 32.8 Å². The average molecular weight is 193 g/mol. The first-order chi connectivity index (χ1) is 6.68. The number of carbonyl (C=O) groups excluding carboxylic acids is 1. The lowest BCUT2D eigenvalue weighted by atomic mass is 10.1. The summed E-state index contributed by atoms with van der Waals surface area (Å²) in [4.78, 5) is 13.4. The van der Waals surface area contributed by atoms with Crippen LogP contribution in [0.2, 0.25) is 0 Å². The molecule has 0 spiro atoms. The smallest absolute Gasteiger partial charge is 0.330 e. The summed E-state index contributed by atoms with van der Waals surface area (Å²) in [5.74, 6) is 0.602. The van der Waals surface area contributed by atoms with Crippen LogP contribution in [0.5, 0.6) is 0 Å². The quantitative estimate of drug-likeness (QED) is 0.595. The molecule has 0 bridgehead atoms. The number of allylic oxidation sites excluding steroid dienone is 3. The molecule has 3 heteroatoms. The summed E-state index contributed by atoms with van der Waals surface area (Å²) in [7, 11) is 0. The lowest BCUT2D eigenvalue weighted by Crippen LogP contribution is -2.40. The van der Waals surface area contributed by atoms with E-state index in [9.17, 15) is 4.79 Å². The molecule has 1 aliphatic heterocycles. The Balaban J connectivity index is 2.33. The molecular weight excluding hydrogens is 178 g/mol. The van der Waals surface area contributed by atoms with Gasteiger partial charge in [0.15, 0.2) is 0 Å². The van der Waals surface area contributed by atoms with Gasteiger partial charge in [-0.1, -0.05) is 6.08 Å². The van der Waals surface area contributed by atoms with Gasteiger partial charge in [-0.25, -0.2) is 4.79 Å². The van der Waals surface area contributed by atoms with Crippen LogP contribution in [-0.4, -0.2) is 23.5 Å². The first kappa shape index (κ1) is 9.31. The second-order valence-corrected chi connectivity index (χ2v) is 3.95. The van der Waals surface area contributed by atoms with Crippen molar-refractivity contribution in [3.05, 3.63) is 23.6 Å². The van der Waals surface area contributed by atoms with Crippen molar-refractivity contribution in [1.82, 2.24) is 4.90 Å². The van der Waals surface area contributed by atoms with E-state index >= 15 is 0 Å². The molecule has 0 amide bonds. The van der Waals surface area contributed by atoms with Gasteiger partial charge in [0, 0.05) is 6.04 Å². The van der Waals surface area contributed by atoms with E-state index in [1.54, 1.807) is 0 Å². The Hall–Kier alpha value is -1.25. The van der Waals surface area contributed by atoms with Crippen LogP contribution in [0.3, 0.4) is 0 Å². The molecular formula is C11H15NO2. The number of hydrogen-bond donors (Lipinski definition) is 0. The molecule has 76 valence electrons. The monoisotopic (exact) mass is 193 g/mol. The van der Waals surface area contributed by atoms with Gasteiger partial charge in [0.25, 0.3) is 0 Å². The third-order valence-corrected chi connectivity index (χ3v) is 2.59. The minimum atomic E-state index is -0.149.